The Balaban J connectivity index is 1.86. The lowest BCUT2D eigenvalue weighted by Crippen LogP contribution is -2.34. The molecule has 0 aromatic carbocycles. The van der Waals surface area contributed by atoms with Crippen LogP contribution in [0.4, 0.5) is 13.2 Å². The van der Waals surface area contributed by atoms with Crippen molar-refractivity contribution in [1.82, 2.24) is 14.9 Å². The first-order chi connectivity index (χ1) is 9.53. The highest BCUT2D eigenvalue weighted by Gasteiger charge is 2.29. The topological polar surface area (TPSA) is 38.2 Å². The number of nitrogens with zero attached hydrogens (tertiary/aromatic N) is 3. The minimum absolute atomic E-state index is 0.0349. The smallest absolute Gasteiger partial charge is 0.380 e. The maximum Gasteiger partial charge on any atom is 0.390 e. The van der Waals surface area contributed by atoms with Crippen LogP contribution in [0.15, 0.2) is 18.6 Å². The lowest BCUT2D eigenvalue weighted by atomic mass is 10.0. The minimum atomic E-state index is -4.10. The lowest BCUT2D eigenvalue weighted by Gasteiger charge is -2.23. The van der Waals surface area contributed by atoms with Crippen LogP contribution < -0.4 is 0 Å². The van der Waals surface area contributed by atoms with Crippen LogP contribution in [0.5, 0.6) is 0 Å². The molecule has 2 heterocycles. The number of aromatic nitrogens is 2. The lowest BCUT2D eigenvalue weighted by molar-refractivity contribution is -0.138. The van der Waals surface area contributed by atoms with E-state index in [1.165, 1.54) is 6.33 Å². The number of halogens is 3. The summed E-state index contributed by atoms with van der Waals surface area (Å²) < 4.78 is 42.3. The monoisotopic (exact) mass is 289 g/mol. The third-order valence-electron chi connectivity index (χ3n) is 3.27. The van der Waals surface area contributed by atoms with Gasteiger partial charge in [-0.2, -0.15) is 13.2 Å². The van der Waals surface area contributed by atoms with Crippen LogP contribution in [0.2, 0.25) is 0 Å². The fourth-order valence-corrected chi connectivity index (χ4v) is 2.30. The molecule has 1 atom stereocenters. The van der Waals surface area contributed by atoms with Crippen molar-refractivity contribution >= 4 is 0 Å². The molecule has 1 aromatic rings. The predicted molar refractivity (Wildman–Crippen MR) is 67.2 cm³/mol. The second-order valence-electron chi connectivity index (χ2n) is 5.01. The van der Waals surface area contributed by atoms with E-state index in [0.717, 1.165) is 5.69 Å². The van der Waals surface area contributed by atoms with E-state index in [4.69, 9.17) is 4.74 Å². The van der Waals surface area contributed by atoms with E-state index in [1.54, 1.807) is 6.20 Å². The highest BCUT2D eigenvalue weighted by molar-refractivity contribution is 4.99. The molecule has 0 aliphatic carbocycles. The van der Waals surface area contributed by atoms with Gasteiger partial charge in [-0.1, -0.05) is 0 Å². The molecule has 1 saturated heterocycles. The highest BCUT2D eigenvalue weighted by atomic mass is 19.4. The molecule has 20 heavy (non-hydrogen) atoms. The summed E-state index contributed by atoms with van der Waals surface area (Å²) in [7, 11) is 0. The van der Waals surface area contributed by atoms with Crippen LogP contribution in [-0.4, -0.2) is 53.9 Å². The van der Waals surface area contributed by atoms with Crippen molar-refractivity contribution in [2.75, 3.05) is 32.8 Å². The van der Waals surface area contributed by atoms with E-state index in [-0.39, 0.29) is 12.5 Å². The summed E-state index contributed by atoms with van der Waals surface area (Å²) in [6.07, 6.45) is -1.02. The average Bonchev–Trinajstić information content (AvgIpc) is 2.62. The fraction of sp³-hybridized carbons (Fsp3) is 0.692. The second-order valence-corrected chi connectivity index (χ2v) is 5.01. The number of alkyl halides is 3. The molecule has 0 N–H and O–H groups in total. The van der Waals surface area contributed by atoms with Crippen molar-refractivity contribution in [3.63, 3.8) is 0 Å². The zero-order valence-corrected chi connectivity index (χ0v) is 11.1. The summed E-state index contributed by atoms with van der Waals surface area (Å²) in [5.74, 6) is 0.167. The first-order valence-electron chi connectivity index (χ1n) is 6.65. The Labute approximate surface area is 116 Å². The third kappa shape index (κ3) is 5.42. The summed E-state index contributed by atoms with van der Waals surface area (Å²) in [5.41, 5.74) is 0.895. The van der Waals surface area contributed by atoms with Crippen LogP contribution in [0.25, 0.3) is 0 Å². The van der Waals surface area contributed by atoms with Gasteiger partial charge in [0.25, 0.3) is 0 Å². The Morgan fingerprint density at radius 2 is 2.25 bits per heavy atom. The molecule has 0 spiro atoms. The van der Waals surface area contributed by atoms with Crippen LogP contribution in [0, 0.1) is 5.92 Å². The first-order valence-corrected chi connectivity index (χ1v) is 6.65. The molecule has 0 radical (unpaired) electrons. The van der Waals surface area contributed by atoms with E-state index < -0.39 is 12.6 Å². The summed E-state index contributed by atoms with van der Waals surface area (Å²) in [4.78, 5) is 9.82. The molecule has 7 heteroatoms. The predicted octanol–water partition coefficient (Wildman–Crippen LogP) is 1.92. The first kappa shape index (κ1) is 15.2. The van der Waals surface area contributed by atoms with Crippen LogP contribution >= 0.6 is 0 Å². The molecule has 0 bridgehead atoms. The largest absolute Gasteiger partial charge is 0.390 e. The molecule has 0 unspecified atom stereocenters. The van der Waals surface area contributed by atoms with Crippen molar-refractivity contribution in [3.05, 3.63) is 24.3 Å². The van der Waals surface area contributed by atoms with Gasteiger partial charge in [-0.15, -0.1) is 0 Å². The third-order valence-corrected chi connectivity index (χ3v) is 3.27. The van der Waals surface area contributed by atoms with Crippen molar-refractivity contribution in [2.24, 2.45) is 5.92 Å². The van der Waals surface area contributed by atoms with Gasteiger partial charge in [-0.3, -0.25) is 0 Å². The van der Waals surface area contributed by atoms with E-state index in [2.05, 4.69) is 9.97 Å². The van der Waals surface area contributed by atoms with Gasteiger partial charge in [0.15, 0.2) is 0 Å². The Bertz CT molecular complexity index is 400. The Hall–Kier alpha value is -1.21. The Morgan fingerprint density at radius 1 is 1.40 bits per heavy atom. The van der Waals surface area contributed by atoms with Gasteiger partial charge >= 0.3 is 6.18 Å². The normalized spacial score (nSPS) is 21.6. The molecule has 0 saturated carbocycles. The van der Waals surface area contributed by atoms with Crippen molar-refractivity contribution in [1.29, 1.82) is 0 Å². The fourth-order valence-electron chi connectivity index (χ4n) is 2.30. The molecular formula is C13H18F3N3O. The quantitative estimate of drug-likeness (QED) is 0.849. The molecule has 1 fully saturated rings. The van der Waals surface area contributed by atoms with Crippen LogP contribution in [0.1, 0.15) is 12.1 Å². The zero-order valence-electron chi connectivity index (χ0n) is 11.1. The molecule has 1 aliphatic rings. The SMILES string of the molecule is FC(F)(F)CCN1CCOC[C@H](Cc2ccncn2)C1. The number of hydrogen-bond acceptors (Lipinski definition) is 4. The van der Waals surface area contributed by atoms with Gasteiger partial charge in [0, 0.05) is 37.4 Å². The zero-order chi connectivity index (χ0) is 14.4. The van der Waals surface area contributed by atoms with Crippen molar-refractivity contribution in [3.8, 4) is 0 Å². The molecule has 1 aromatic heterocycles. The standard InChI is InChI=1S/C13H18F3N3O/c14-13(15,16)2-4-19-5-6-20-9-11(8-19)7-12-1-3-17-10-18-12/h1,3,10-11H,2,4-9H2/t11-/m1/s1. The number of hydrogen-bond donors (Lipinski definition) is 0. The van der Waals surface area contributed by atoms with E-state index in [1.807, 2.05) is 11.0 Å². The molecule has 0 amide bonds. The molecule has 4 nitrogen and oxygen atoms in total. The molecular weight excluding hydrogens is 271 g/mol. The average molecular weight is 289 g/mol. The van der Waals surface area contributed by atoms with Gasteiger partial charge in [0.05, 0.1) is 19.6 Å². The highest BCUT2D eigenvalue weighted by Crippen LogP contribution is 2.21. The van der Waals surface area contributed by atoms with Gasteiger partial charge in [0.1, 0.15) is 6.33 Å². The second kappa shape index (κ2) is 6.99. The maximum absolute atomic E-state index is 12.3. The van der Waals surface area contributed by atoms with E-state index in [9.17, 15) is 13.2 Å². The summed E-state index contributed by atoms with van der Waals surface area (Å²) >= 11 is 0. The van der Waals surface area contributed by atoms with Crippen molar-refractivity contribution in [2.45, 2.75) is 19.0 Å². The molecule has 2 rings (SSSR count). The van der Waals surface area contributed by atoms with E-state index >= 15 is 0 Å². The molecule has 1 aliphatic heterocycles. The maximum atomic E-state index is 12.3. The van der Waals surface area contributed by atoms with Crippen molar-refractivity contribution < 1.29 is 17.9 Å². The number of ether oxygens (including phenoxy) is 1. The van der Waals surface area contributed by atoms with Gasteiger partial charge in [0.2, 0.25) is 0 Å². The van der Waals surface area contributed by atoms with Gasteiger partial charge in [-0.25, -0.2) is 9.97 Å². The van der Waals surface area contributed by atoms with E-state index in [0.29, 0.717) is 32.7 Å². The Morgan fingerprint density at radius 3 is 2.95 bits per heavy atom. The van der Waals surface area contributed by atoms with Gasteiger partial charge < -0.3 is 9.64 Å². The van der Waals surface area contributed by atoms with Crippen LogP contribution in [0.3, 0.4) is 0 Å². The number of rotatable bonds is 4. The molecule has 112 valence electrons. The summed E-state index contributed by atoms with van der Waals surface area (Å²) in [5, 5.41) is 0. The summed E-state index contributed by atoms with van der Waals surface area (Å²) in [6, 6.07) is 1.82. The van der Waals surface area contributed by atoms with Gasteiger partial charge in [-0.05, 0) is 12.5 Å². The Kier molecular flexibility index (Phi) is 5.31. The minimum Gasteiger partial charge on any atom is -0.380 e. The van der Waals surface area contributed by atoms with Crippen LogP contribution in [-0.2, 0) is 11.2 Å². The summed E-state index contributed by atoms with van der Waals surface area (Å²) in [6.45, 7) is 2.24.